The monoisotopic (exact) mass is 326 g/mol. The summed E-state index contributed by atoms with van der Waals surface area (Å²) in [5, 5.41) is 0. The molecule has 0 aliphatic carbocycles. The topological polar surface area (TPSA) is 27.7 Å². The van der Waals surface area contributed by atoms with Gasteiger partial charge in [-0.3, -0.25) is 0 Å². The van der Waals surface area contributed by atoms with Crippen LogP contribution in [0.25, 0.3) is 0 Å². The summed E-state index contributed by atoms with van der Waals surface area (Å²) in [4.78, 5) is 0. The lowest BCUT2D eigenvalue weighted by molar-refractivity contribution is 0.171. The van der Waals surface area contributed by atoms with Gasteiger partial charge in [0.15, 0.2) is 0 Å². The molecule has 0 unspecified atom stereocenters. The summed E-state index contributed by atoms with van der Waals surface area (Å²) >= 11 is 0. The van der Waals surface area contributed by atoms with E-state index >= 15 is 0 Å². The predicted octanol–water partition coefficient (Wildman–Crippen LogP) is 6.70. The number of hydrogen-bond donors (Lipinski definition) is 0. The third-order valence-corrected chi connectivity index (χ3v) is 3.67. The molecule has 0 rings (SSSR count). The maximum absolute atomic E-state index is 5.74. The van der Waals surface area contributed by atoms with Crippen LogP contribution in [0.1, 0.15) is 91.9 Å². The van der Waals surface area contributed by atoms with Crippen LogP contribution >= 0.6 is 0 Å². The molecule has 0 aliphatic heterocycles. The Hall–Kier alpha value is -1.12. The van der Waals surface area contributed by atoms with E-state index in [0.29, 0.717) is 0 Å². The third kappa shape index (κ3) is 14.2. The number of hydrogen-bond acceptors (Lipinski definition) is 3. The molecule has 0 amide bonds. The summed E-state index contributed by atoms with van der Waals surface area (Å²) in [6, 6.07) is 0. The SMILES string of the molecule is CCCCCCO/C(=C\O/C=C(\CC)OCCCCCC)CC. The molecule has 23 heavy (non-hydrogen) atoms. The molecule has 0 heterocycles. The Labute approximate surface area is 144 Å². The Morgan fingerprint density at radius 3 is 1.39 bits per heavy atom. The van der Waals surface area contributed by atoms with Crippen LogP contribution < -0.4 is 0 Å². The lowest BCUT2D eigenvalue weighted by Crippen LogP contribution is -1.97. The molecular weight excluding hydrogens is 288 g/mol. The molecule has 0 aromatic carbocycles. The summed E-state index contributed by atoms with van der Waals surface area (Å²) < 4.78 is 17.0. The van der Waals surface area contributed by atoms with Gasteiger partial charge in [-0.15, -0.1) is 0 Å². The van der Waals surface area contributed by atoms with Crippen LogP contribution in [-0.2, 0) is 14.2 Å². The van der Waals surface area contributed by atoms with Crippen molar-refractivity contribution < 1.29 is 14.2 Å². The highest BCUT2D eigenvalue weighted by molar-refractivity contribution is 4.91. The molecule has 0 aromatic rings. The zero-order valence-electron chi connectivity index (χ0n) is 15.9. The molecule has 0 radical (unpaired) electrons. The maximum atomic E-state index is 5.74. The van der Waals surface area contributed by atoms with Gasteiger partial charge < -0.3 is 14.2 Å². The first-order valence-corrected chi connectivity index (χ1v) is 9.57. The molecule has 0 fully saturated rings. The standard InChI is InChI=1S/C20H38O3/c1-5-9-11-13-15-22-19(7-3)17-21-18-20(8-4)23-16-14-12-10-6-2/h17-18H,5-16H2,1-4H3/b19-17-,20-18+. The van der Waals surface area contributed by atoms with Gasteiger partial charge in [0.05, 0.1) is 13.2 Å². The molecule has 0 aliphatic rings. The largest absolute Gasteiger partial charge is 0.495 e. The lowest BCUT2D eigenvalue weighted by atomic mass is 10.2. The lowest BCUT2D eigenvalue weighted by Gasteiger charge is -2.10. The number of allylic oxidation sites excluding steroid dienone is 2. The molecule has 0 atom stereocenters. The summed E-state index contributed by atoms with van der Waals surface area (Å²) in [5.74, 6) is 1.80. The minimum Gasteiger partial charge on any atom is -0.495 e. The summed E-state index contributed by atoms with van der Waals surface area (Å²) in [6.07, 6.45) is 14.9. The summed E-state index contributed by atoms with van der Waals surface area (Å²) in [5.41, 5.74) is 0. The van der Waals surface area contributed by atoms with Crippen LogP contribution in [0.2, 0.25) is 0 Å². The minimum absolute atomic E-state index is 0.779. The highest BCUT2D eigenvalue weighted by Crippen LogP contribution is 2.10. The van der Waals surface area contributed by atoms with Gasteiger partial charge in [0, 0.05) is 12.8 Å². The van der Waals surface area contributed by atoms with E-state index in [-0.39, 0.29) is 0 Å². The number of rotatable bonds is 16. The Kier molecular flexibility index (Phi) is 16.4. The molecule has 0 saturated heterocycles. The van der Waals surface area contributed by atoms with Gasteiger partial charge in [-0.1, -0.05) is 66.2 Å². The van der Waals surface area contributed by atoms with Crippen LogP contribution in [0.3, 0.4) is 0 Å². The van der Waals surface area contributed by atoms with E-state index in [1.54, 1.807) is 12.5 Å². The van der Waals surface area contributed by atoms with Gasteiger partial charge in [-0.25, -0.2) is 0 Å². The third-order valence-electron chi connectivity index (χ3n) is 3.67. The molecular formula is C20H38O3. The van der Waals surface area contributed by atoms with Gasteiger partial charge in [-0.05, 0) is 12.8 Å². The van der Waals surface area contributed by atoms with Crippen molar-refractivity contribution in [2.75, 3.05) is 13.2 Å². The molecule has 0 saturated carbocycles. The zero-order chi connectivity index (χ0) is 17.2. The molecule has 0 bridgehead atoms. The fourth-order valence-corrected chi connectivity index (χ4v) is 2.09. The normalized spacial score (nSPS) is 12.3. The molecule has 0 aromatic heterocycles. The fraction of sp³-hybridized carbons (Fsp3) is 0.800. The minimum atomic E-state index is 0.779. The van der Waals surface area contributed by atoms with Crippen molar-refractivity contribution in [2.45, 2.75) is 91.9 Å². The second-order valence-corrected chi connectivity index (χ2v) is 5.83. The second kappa shape index (κ2) is 17.2. The molecule has 3 nitrogen and oxygen atoms in total. The first kappa shape index (κ1) is 21.9. The van der Waals surface area contributed by atoms with Gasteiger partial charge in [-0.2, -0.15) is 0 Å². The average Bonchev–Trinajstić information content (AvgIpc) is 2.58. The smallest absolute Gasteiger partial charge is 0.131 e. The number of unbranched alkanes of at least 4 members (excludes halogenated alkanes) is 6. The van der Waals surface area contributed by atoms with Gasteiger partial charge in [0.1, 0.15) is 24.0 Å². The van der Waals surface area contributed by atoms with Crippen molar-refractivity contribution >= 4 is 0 Å². The van der Waals surface area contributed by atoms with Crippen LogP contribution in [0.5, 0.6) is 0 Å². The van der Waals surface area contributed by atoms with Crippen molar-refractivity contribution in [3.63, 3.8) is 0 Å². The van der Waals surface area contributed by atoms with Gasteiger partial charge in [0.2, 0.25) is 0 Å². The Morgan fingerprint density at radius 1 is 0.609 bits per heavy atom. The molecule has 0 N–H and O–H groups in total. The van der Waals surface area contributed by atoms with Crippen molar-refractivity contribution in [3.8, 4) is 0 Å². The van der Waals surface area contributed by atoms with E-state index < -0.39 is 0 Å². The van der Waals surface area contributed by atoms with Crippen molar-refractivity contribution in [2.24, 2.45) is 0 Å². The zero-order valence-corrected chi connectivity index (χ0v) is 15.9. The van der Waals surface area contributed by atoms with Crippen LogP contribution in [0, 0.1) is 0 Å². The van der Waals surface area contributed by atoms with Crippen molar-refractivity contribution in [1.29, 1.82) is 0 Å². The van der Waals surface area contributed by atoms with Crippen LogP contribution in [-0.4, -0.2) is 13.2 Å². The van der Waals surface area contributed by atoms with Crippen molar-refractivity contribution in [3.05, 3.63) is 24.0 Å². The molecule has 136 valence electrons. The van der Waals surface area contributed by atoms with E-state index in [1.165, 1.54) is 38.5 Å². The van der Waals surface area contributed by atoms with Crippen LogP contribution in [0.15, 0.2) is 24.0 Å². The van der Waals surface area contributed by atoms with E-state index in [0.717, 1.165) is 50.4 Å². The molecule has 0 spiro atoms. The Balaban J connectivity index is 3.98. The highest BCUT2D eigenvalue weighted by Gasteiger charge is 1.98. The summed E-state index contributed by atoms with van der Waals surface area (Å²) in [6.45, 7) is 10.2. The van der Waals surface area contributed by atoms with E-state index in [4.69, 9.17) is 14.2 Å². The van der Waals surface area contributed by atoms with E-state index in [1.807, 2.05) is 0 Å². The second-order valence-electron chi connectivity index (χ2n) is 5.83. The Bertz CT molecular complexity index is 278. The predicted molar refractivity (Wildman–Crippen MR) is 98.0 cm³/mol. The van der Waals surface area contributed by atoms with Gasteiger partial charge in [0.25, 0.3) is 0 Å². The van der Waals surface area contributed by atoms with E-state index in [9.17, 15) is 0 Å². The first-order valence-electron chi connectivity index (χ1n) is 9.57. The molecule has 3 heteroatoms. The van der Waals surface area contributed by atoms with Crippen molar-refractivity contribution in [1.82, 2.24) is 0 Å². The van der Waals surface area contributed by atoms with E-state index in [2.05, 4.69) is 27.7 Å². The number of ether oxygens (including phenoxy) is 3. The quantitative estimate of drug-likeness (QED) is 0.233. The Morgan fingerprint density at radius 2 is 1.04 bits per heavy atom. The fourth-order valence-electron chi connectivity index (χ4n) is 2.09. The average molecular weight is 327 g/mol. The maximum Gasteiger partial charge on any atom is 0.131 e. The van der Waals surface area contributed by atoms with Gasteiger partial charge >= 0.3 is 0 Å². The summed E-state index contributed by atoms with van der Waals surface area (Å²) in [7, 11) is 0. The van der Waals surface area contributed by atoms with Crippen LogP contribution in [0.4, 0.5) is 0 Å². The first-order chi connectivity index (χ1) is 11.3. The highest BCUT2D eigenvalue weighted by atomic mass is 16.5.